The number of carbonyl (C=O) groups is 3. The number of nitrogens with zero attached hydrogens (tertiary/aromatic N) is 2. The summed E-state index contributed by atoms with van der Waals surface area (Å²) >= 11 is 7.03. The van der Waals surface area contributed by atoms with Gasteiger partial charge in [-0.1, -0.05) is 35.9 Å². The standard InChI is InChI=1S/C29H21ClFN3O5S/c30-22-12-19(31)6-5-17(22)14-33-15-18(21-3-1-2-4-23(21)33)11-26-28(36)34(29(37)40-26)16-27(35)32-20-7-8-24-25(13-20)39-10-9-38-24/h1-8,11-13,15H,9-10,14,16H2,(H,32,35)/b26-11-. The molecule has 0 saturated carbocycles. The molecule has 0 unspecified atom stereocenters. The van der Waals surface area contributed by atoms with Gasteiger partial charge >= 0.3 is 0 Å². The number of ether oxygens (including phenoxy) is 2. The Labute approximate surface area is 237 Å². The lowest BCUT2D eigenvalue weighted by atomic mass is 10.1. The van der Waals surface area contributed by atoms with Crippen molar-refractivity contribution >= 4 is 63.1 Å². The van der Waals surface area contributed by atoms with Gasteiger partial charge in [-0.25, -0.2) is 4.39 Å². The van der Waals surface area contributed by atoms with Gasteiger partial charge in [0.25, 0.3) is 11.1 Å². The van der Waals surface area contributed by atoms with E-state index < -0.39 is 29.4 Å². The molecule has 1 aromatic heterocycles. The fraction of sp³-hybridized carbons (Fsp3) is 0.138. The van der Waals surface area contributed by atoms with E-state index in [0.717, 1.165) is 38.7 Å². The van der Waals surface area contributed by atoms with Gasteiger partial charge < -0.3 is 19.4 Å². The highest BCUT2D eigenvalue weighted by Crippen LogP contribution is 2.35. The highest BCUT2D eigenvalue weighted by Gasteiger charge is 2.36. The van der Waals surface area contributed by atoms with Gasteiger partial charge in [-0.05, 0) is 53.7 Å². The Hall–Kier alpha value is -4.28. The van der Waals surface area contributed by atoms with Crippen molar-refractivity contribution in [3.8, 4) is 11.5 Å². The molecule has 1 N–H and O–H groups in total. The number of anilines is 1. The van der Waals surface area contributed by atoms with E-state index in [9.17, 15) is 18.8 Å². The topological polar surface area (TPSA) is 89.9 Å². The lowest BCUT2D eigenvalue weighted by Crippen LogP contribution is -2.36. The number of fused-ring (bicyclic) bond motifs is 2. The molecular formula is C29H21ClFN3O5S. The normalized spacial score (nSPS) is 15.8. The summed E-state index contributed by atoms with van der Waals surface area (Å²) in [6.07, 6.45) is 3.50. The van der Waals surface area contributed by atoms with Crippen LogP contribution in [0.1, 0.15) is 11.1 Å². The molecule has 0 aliphatic carbocycles. The molecule has 0 radical (unpaired) electrons. The number of rotatable bonds is 6. The van der Waals surface area contributed by atoms with E-state index in [4.69, 9.17) is 21.1 Å². The summed E-state index contributed by atoms with van der Waals surface area (Å²) in [4.78, 5) is 39.7. The zero-order valence-electron chi connectivity index (χ0n) is 20.9. The van der Waals surface area contributed by atoms with Crippen LogP contribution >= 0.6 is 23.4 Å². The highest BCUT2D eigenvalue weighted by molar-refractivity contribution is 8.18. The van der Waals surface area contributed by atoms with Crippen molar-refractivity contribution in [3.63, 3.8) is 0 Å². The summed E-state index contributed by atoms with van der Waals surface area (Å²) in [6.45, 7) is 0.816. The summed E-state index contributed by atoms with van der Waals surface area (Å²) in [5, 5.41) is 3.34. The predicted octanol–water partition coefficient (Wildman–Crippen LogP) is 5.93. The Kier molecular flexibility index (Phi) is 6.95. The van der Waals surface area contributed by atoms with Crippen LogP contribution < -0.4 is 14.8 Å². The number of hydrogen-bond acceptors (Lipinski definition) is 6. The molecule has 11 heteroatoms. The fourth-order valence-electron chi connectivity index (χ4n) is 4.60. The maximum absolute atomic E-state index is 13.5. The molecule has 6 rings (SSSR count). The van der Waals surface area contributed by atoms with Gasteiger partial charge in [0.2, 0.25) is 5.91 Å². The third-order valence-corrected chi connectivity index (χ3v) is 7.72. The summed E-state index contributed by atoms with van der Waals surface area (Å²) < 4.78 is 26.5. The quantitative estimate of drug-likeness (QED) is 0.286. The van der Waals surface area contributed by atoms with Gasteiger partial charge in [-0.2, -0.15) is 0 Å². The van der Waals surface area contributed by atoms with Gasteiger partial charge in [0.15, 0.2) is 11.5 Å². The molecule has 1 fully saturated rings. The van der Waals surface area contributed by atoms with Crippen LogP contribution in [0.15, 0.2) is 71.8 Å². The number of amides is 3. The zero-order valence-corrected chi connectivity index (χ0v) is 22.4. The number of thioether (sulfide) groups is 1. The summed E-state index contributed by atoms with van der Waals surface area (Å²) in [5.41, 5.74) is 2.80. The lowest BCUT2D eigenvalue weighted by Gasteiger charge is -2.19. The minimum absolute atomic E-state index is 0.208. The average Bonchev–Trinajstić information content (AvgIpc) is 3.42. The van der Waals surface area contributed by atoms with E-state index >= 15 is 0 Å². The van der Waals surface area contributed by atoms with Crippen LogP contribution in [-0.4, -0.2) is 46.3 Å². The second kappa shape index (κ2) is 10.7. The molecule has 3 amide bonds. The van der Waals surface area contributed by atoms with E-state index in [1.807, 2.05) is 35.0 Å². The molecule has 0 bridgehead atoms. The Morgan fingerprint density at radius 2 is 1.85 bits per heavy atom. The number of nitrogens with one attached hydrogen (secondary N) is 1. The molecule has 202 valence electrons. The molecule has 8 nitrogen and oxygen atoms in total. The number of carbonyl (C=O) groups excluding carboxylic acids is 3. The maximum Gasteiger partial charge on any atom is 0.294 e. The van der Waals surface area contributed by atoms with E-state index in [-0.39, 0.29) is 4.91 Å². The van der Waals surface area contributed by atoms with Crippen molar-refractivity contribution in [1.29, 1.82) is 0 Å². The molecule has 3 heterocycles. The number of halogens is 2. The summed E-state index contributed by atoms with van der Waals surface area (Å²) in [5.74, 6) is -0.386. The second-order valence-electron chi connectivity index (χ2n) is 9.14. The van der Waals surface area contributed by atoms with Gasteiger partial charge in [-0.3, -0.25) is 19.3 Å². The third kappa shape index (κ3) is 5.15. The van der Waals surface area contributed by atoms with Crippen LogP contribution in [0.3, 0.4) is 0 Å². The molecule has 3 aromatic carbocycles. The van der Waals surface area contributed by atoms with Crippen molar-refractivity contribution in [2.24, 2.45) is 0 Å². The Morgan fingerprint density at radius 3 is 2.67 bits per heavy atom. The minimum Gasteiger partial charge on any atom is -0.486 e. The number of imide groups is 1. The molecular weight excluding hydrogens is 557 g/mol. The van der Waals surface area contributed by atoms with Gasteiger partial charge in [0, 0.05) is 46.0 Å². The lowest BCUT2D eigenvalue weighted by molar-refractivity contribution is -0.127. The van der Waals surface area contributed by atoms with E-state index in [2.05, 4.69) is 5.32 Å². The van der Waals surface area contributed by atoms with Crippen molar-refractivity contribution in [3.05, 3.63) is 93.7 Å². The maximum atomic E-state index is 13.5. The third-order valence-electron chi connectivity index (χ3n) is 6.46. The highest BCUT2D eigenvalue weighted by atomic mass is 35.5. The molecule has 0 atom stereocenters. The second-order valence-corrected chi connectivity index (χ2v) is 10.5. The van der Waals surface area contributed by atoms with E-state index in [1.165, 1.54) is 12.1 Å². The van der Waals surface area contributed by atoms with E-state index in [0.29, 0.717) is 42.0 Å². The van der Waals surface area contributed by atoms with Gasteiger partial charge in [0.05, 0.1) is 4.91 Å². The predicted molar refractivity (Wildman–Crippen MR) is 151 cm³/mol. The van der Waals surface area contributed by atoms with E-state index in [1.54, 1.807) is 30.3 Å². The first-order valence-corrected chi connectivity index (χ1v) is 13.5. The average molecular weight is 578 g/mol. The van der Waals surface area contributed by atoms with Crippen molar-refractivity contribution < 1.29 is 28.2 Å². The van der Waals surface area contributed by atoms with Crippen molar-refractivity contribution in [2.75, 3.05) is 25.1 Å². The Morgan fingerprint density at radius 1 is 1.05 bits per heavy atom. The van der Waals surface area contributed by atoms with Crippen molar-refractivity contribution in [2.45, 2.75) is 6.54 Å². The van der Waals surface area contributed by atoms with Crippen LogP contribution in [0, 0.1) is 5.82 Å². The van der Waals surface area contributed by atoms with Crippen LogP contribution in [0.2, 0.25) is 5.02 Å². The van der Waals surface area contributed by atoms with Crippen LogP contribution in [0.25, 0.3) is 17.0 Å². The first-order chi connectivity index (χ1) is 19.4. The molecule has 0 spiro atoms. The SMILES string of the molecule is O=C(CN1C(=O)S/C(=C\c2cn(Cc3ccc(F)cc3Cl)c3ccccc23)C1=O)Nc1ccc2c(c1)OCCO2. The largest absolute Gasteiger partial charge is 0.486 e. The molecule has 40 heavy (non-hydrogen) atoms. The number of para-hydroxylation sites is 1. The molecule has 4 aromatic rings. The summed E-state index contributed by atoms with van der Waals surface area (Å²) in [7, 11) is 0. The van der Waals surface area contributed by atoms with Crippen LogP contribution in [0.5, 0.6) is 11.5 Å². The Balaban J connectivity index is 1.20. The number of hydrogen-bond donors (Lipinski definition) is 1. The van der Waals surface area contributed by atoms with Gasteiger partial charge in [0.1, 0.15) is 25.6 Å². The first kappa shape index (κ1) is 26.0. The van der Waals surface area contributed by atoms with Gasteiger partial charge in [-0.15, -0.1) is 0 Å². The van der Waals surface area contributed by atoms with Crippen molar-refractivity contribution in [1.82, 2.24) is 9.47 Å². The molecule has 2 aliphatic rings. The zero-order chi connectivity index (χ0) is 27.8. The Bertz CT molecular complexity index is 1720. The first-order valence-electron chi connectivity index (χ1n) is 12.3. The molecule has 2 aliphatic heterocycles. The number of benzene rings is 3. The fourth-order valence-corrected chi connectivity index (χ4v) is 5.65. The van der Waals surface area contributed by atoms with Crippen LogP contribution in [0.4, 0.5) is 14.9 Å². The minimum atomic E-state index is -0.550. The van der Waals surface area contributed by atoms with Crippen LogP contribution in [-0.2, 0) is 16.1 Å². The smallest absolute Gasteiger partial charge is 0.294 e. The molecule has 1 saturated heterocycles. The number of aromatic nitrogens is 1. The summed E-state index contributed by atoms with van der Waals surface area (Å²) in [6, 6.07) is 16.8. The monoisotopic (exact) mass is 577 g/mol.